The molecule has 0 spiro atoms. The van der Waals surface area contributed by atoms with E-state index in [0.29, 0.717) is 28.7 Å². The fraction of sp³-hybridized carbons (Fsp3) is 0.389. The molecule has 0 aromatic carbocycles. The molecule has 1 fully saturated rings. The van der Waals surface area contributed by atoms with Crippen LogP contribution in [0, 0.1) is 17.2 Å². The van der Waals surface area contributed by atoms with Crippen molar-refractivity contribution < 1.29 is 4.74 Å². The zero-order valence-electron chi connectivity index (χ0n) is 14.8. The molecule has 0 bridgehead atoms. The first kappa shape index (κ1) is 17.0. The topological polar surface area (TPSA) is 122 Å². The summed E-state index contributed by atoms with van der Waals surface area (Å²) in [5.74, 6) is 0.551. The van der Waals surface area contributed by atoms with Crippen LogP contribution in [-0.4, -0.2) is 31.6 Å². The van der Waals surface area contributed by atoms with Gasteiger partial charge in [0, 0.05) is 6.20 Å². The van der Waals surface area contributed by atoms with Gasteiger partial charge < -0.3 is 15.0 Å². The van der Waals surface area contributed by atoms with Crippen LogP contribution in [-0.2, 0) is 0 Å². The number of methoxy groups -OCH3 is 1. The second kappa shape index (κ2) is 7.07. The summed E-state index contributed by atoms with van der Waals surface area (Å²) in [7, 11) is 1.53. The number of H-pyrrole nitrogens is 1. The fourth-order valence-corrected chi connectivity index (χ4v) is 3.62. The van der Waals surface area contributed by atoms with Crippen LogP contribution in [0.2, 0.25) is 0 Å². The maximum atomic E-state index is 12.5. The van der Waals surface area contributed by atoms with Gasteiger partial charge >= 0.3 is 5.69 Å². The quantitative estimate of drug-likeness (QED) is 0.728. The van der Waals surface area contributed by atoms with Crippen molar-refractivity contribution in [2.75, 3.05) is 12.4 Å². The molecule has 0 radical (unpaired) electrons. The predicted octanol–water partition coefficient (Wildman–Crippen LogP) is 2.52. The molecule has 3 heterocycles. The molecule has 0 saturated heterocycles. The molecule has 27 heavy (non-hydrogen) atoms. The Bertz CT molecular complexity index is 1070. The van der Waals surface area contributed by atoms with E-state index < -0.39 is 0 Å². The highest BCUT2D eigenvalue weighted by Crippen LogP contribution is 2.34. The average Bonchev–Trinajstić information content (AvgIpc) is 3.03. The summed E-state index contributed by atoms with van der Waals surface area (Å²) >= 11 is 0. The Kier molecular flexibility index (Phi) is 4.46. The molecule has 0 amide bonds. The number of aromatic nitrogens is 5. The van der Waals surface area contributed by atoms with E-state index in [2.05, 4.69) is 31.3 Å². The van der Waals surface area contributed by atoms with Gasteiger partial charge in [0.2, 0.25) is 11.8 Å². The van der Waals surface area contributed by atoms with Crippen molar-refractivity contribution >= 4 is 22.8 Å². The number of aromatic amines is 1. The van der Waals surface area contributed by atoms with Gasteiger partial charge in [-0.3, -0.25) is 4.57 Å². The molecule has 1 saturated carbocycles. The molecular weight excluding hydrogens is 346 g/mol. The lowest BCUT2D eigenvalue weighted by Crippen LogP contribution is -2.29. The fourth-order valence-electron chi connectivity index (χ4n) is 3.62. The number of nitriles is 1. The van der Waals surface area contributed by atoms with Gasteiger partial charge in [-0.05, 0) is 25.0 Å². The first-order chi connectivity index (χ1) is 13.2. The normalized spacial score (nSPS) is 19.6. The number of fused-ring (bicyclic) bond motifs is 1. The Labute approximate surface area is 155 Å². The molecule has 9 nitrogen and oxygen atoms in total. The van der Waals surface area contributed by atoms with Crippen molar-refractivity contribution in [3.05, 3.63) is 35.0 Å². The van der Waals surface area contributed by atoms with Crippen molar-refractivity contribution in [3.8, 4) is 11.9 Å². The van der Waals surface area contributed by atoms with Gasteiger partial charge in [-0.25, -0.2) is 14.8 Å². The van der Waals surface area contributed by atoms with Gasteiger partial charge in [-0.1, -0.05) is 12.8 Å². The summed E-state index contributed by atoms with van der Waals surface area (Å²) in [6.07, 6.45) is 6.77. The Morgan fingerprint density at radius 2 is 2.22 bits per heavy atom. The zero-order valence-corrected chi connectivity index (χ0v) is 14.8. The molecule has 1 aliphatic carbocycles. The van der Waals surface area contributed by atoms with Crippen molar-refractivity contribution in [1.82, 2.24) is 24.5 Å². The maximum absolute atomic E-state index is 12.5. The molecule has 0 aliphatic heterocycles. The summed E-state index contributed by atoms with van der Waals surface area (Å²) in [6.45, 7) is 0. The van der Waals surface area contributed by atoms with Crippen LogP contribution in [0.15, 0.2) is 29.3 Å². The third kappa shape index (κ3) is 3.10. The van der Waals surface area contributed by atoms with E-state index in [1.807, 2.05) is 0 Å². The van der Waals surface area contributed by atoms with E-state index in [4.69, 9.17) is 4.74 Å². The van der Waals surface area contributed by atoms with Crippen molar-refractivity contribution in [3.63, 3.8) is 0 Å². The summed E-state index contributed by atoms with van der Waals surface area (Å²) in [4.78, 5) is 28.3. The number of anilines is 2. The molecule has 9 heteroatoms. The highest BCUT2D eigenvalue weighted by Gasteiger charge is 2.29. The van der Waals surface area contributed by atoms with Crippen LogP contribution in [0.25, 0.3) is 11.2 Å². The molecule has 3 aromatic heterocycles. The Balaban J connectivity index is 1.76. The van der Waals surface area contributed by atoms with Crippen LogP contribution in [0.5, 0.6) is 5.88 Å². The molecular formula is C18H19N7O2. The SMILES string of the molecule is COc1ncccc1Nc1ncc2[nH]c(=O)n([C@@H]3CCCC[C@@H]3C#N)c2n1. The molecule has 1 aliphatic rings. The van der Waals surface area contributed by atoms with Crippen molar-refractivity contribution in [2.45, 2.75) is 31.7 Å². The van der Waals surface area contributed by atoms with Crippen molar-refractivity contribution in [1.29, 1.82) is 5.26 Å². The van der Waals surface area contributed by atoms with Crippen LogP contribution in [0.1, 0.15) is 31.7 Å². The van der Waals surface area contributed by atoms with Gasteiger partial charge in [0.25, 0.3) is 0 Å². The lowest BCUT2D eigenvalue weighted by atomic mass is 9.85. The molecule has 4 rings (SSSR count). The maximum Gasteiger partial charge on any atom is 0.328 e. The number of imidazole rings is 1. The summed E-state index contributed by atoms with van der Waals surface area (Å²) in [5.41, 5.74) is 1.40. The number of rotatable bonds is 4. The minimum Gasteiger partial charge on any atom is -0.480 e. The van der Waals surface area contributed by atoms with E-state index in [1.165, 1.54) is 7.11 Å². The third-order valence-corrected chi connectivity index (χ3v) is 4.90. The summed E-state index contributed by atoms with van der Waals surface area (Å²) < 4.78 is 6.84. The first-order valence-electron chi connectivity index (χ1n) is 8.84. The predicted molar refractivity (Wildman–Crippen MR) is 98.8 cm³/mol. The molecule has 2 N–H and O–H groups in total. The standard InChI is InChI=1S/C18H19N7O2/c1-27-16-12(6-4-8-20-16)22-17-21-10-13-15(24-17)25(18(26)23-13)14-7-3-2-5-11(14)9-19/h4,6,8,10-11,14H,2-3,5,7H2,1H3,(H,23,26)(H,21,22,24)/t11-,14-/m1/s1. The number of pyridine rings is 1. The lowest BCUT2D eigenvalue weighted by molar-refractivity contribution is 0.289. The third-order valence-electron chi connectivity index (χ3n) is 4.90. The minimum absolute atomic E-state index is 0.180. The van der Waals surface area contributed by atoms with Crippen LogP contribution < -0.4 is 15.7 Å². The second-order valence-electron chi connectivity index (χ2n) is 6.50. The largest absolute Gasteiger partial charge is 0.480 e. The van der Waals surface area contributed by atoms with Crippen LogP contribution in [0.3, 0.4) is 0 Å². The van der Waals surface area contributed by atoms with Crippen molar-refractivity contribution in [2.24, 2.45) is 5.92 Å². The van der Waals surface area contributed by atoms with E-state index in [0.717, 1.165) is 25.7 Å². The Morgan fingerprint density at radius 3 is 3.04 bits per heavy atom. The van der Waals surface area contributed by atoms with E-state index in [-0.39, 0.29) is 17.6 Å². The average molecular weight is 365 g/mol. The van der Waals surface area contributed by atoms with E-state index in [1.54, 1.807) is 29.1 Å². The van der Waals surface area contributed by atoms with E-state index in [9.17, 15) is 10.1 Å². The first-order valence-corrected chi connectivity index (χ1v) is 8.84. The highest BCUT2D eigenvalue weighted by atomic mass is 16.5. The molecule has 3 aromatic rings. The summed E-state index contributed by atoms with van der Waals surface area (Å²) in [6, 6.07) is 5.74. The van der Waals surface area contributed by atoms with Crippen LogP contribution in [0.4, 0.5) is 11.6 Å². The van der Waals surface area contributed by atoms with Gasteiger partial charge in [0.1, 0.15) is 11.2 Å². The zero-order chi connectivity index (χ0) is 18.8. The highest BCUT2D eigenvalue weighted by molar-refractivity contribution is 5.72. The Hall–Kier alpha value is -3.41. The number of ether oxygens (including phenoxy) is 1. The van der Waals surface area contributed by atoms with Gasteiger partial charge in [0.15, 0.2) is 5.65 Å². The molecule has 138 valence electrons. The van der Waals surface area contributed by atoms with Gasteiger partial charge in [-0.2, -0.15) is 10.2 Å². The van der Waals surface area contributed by atoms with Gasteiger partial charge in [-0.15, -0.1) is 0 Å². The smallest absolute Gasteiger partial charge is 0.328 e. The monoisotopic (exact) mass is 365 g/mol. The summed E-state index contributed by atoms with van der Waals surface area (Å²) in [5, 5.41) is 12.6. The number of hydrogen-bond donors (Lipinski definition) is 2. The number of nitrogens with one attached hydrogen (secondary N) is 2. The van der Waals surface area contributed by atoms with Gasteiger partial charge in [0.05, 0.1) is 31.3 Å². The van der Waals surface area contributed by atoms with Crippen LogP contribution >= 0.6 is 0 Å². The van der Waals surface area contributed by atoms with E-state index >= 15 is 0 Å². The Morgan fingerprint density at radius 1 is 1.37 bits per heavy atom. The molecule has 0 unspecified atom stereocenters. The number of nitrogens with zero attached hydrogens (tertiary/aromatic N) is 5. The minimum atomic E-state index is -0.262. The lowest BCUT2D eigenvalue weighted by Gasteiger charge is -2.27. The number of hydrogen-bond acceptors (Lipinski definition) is 7. The second-order valence-corrected chi connectivity index (χ2v) is 6.50. The molecule has 2 atom stereocenters.